The quantitative estimate of drug-likeness (QED) is 0.889. The number of carbonyl (C=O) groups excluding carboxylic acids is 1. The molecule has 4 heteroatoms. The molecule has 2 rings (SSSR count). The van der Waals surface area contributed by atoms with E-state index in [0.717, 1.165) is 31.5 Å². The predicted molar refractivity (Wildman–Crippen MR) is 70.3 cm³/mol. The lowest BCUT2D eigenvalue weighted by atomic mass is 10.1. The smallest absolute Gasteiger partial charge is 0.407 e. The molecule has 98 valence electrons. The zero-order valence-corrected chi connectivity index (χ0v) is 10.8. The molecule has 4 nitrogen and oxygen atoms in total. The molecule has 0 atom stereocenters. The van der Waals surface area contributed by atoms with Gasteiger partial charge in [-0.05, 0) is 25.5 Å². The molecule has 0 spiro atoms. The summed E-state index contributed by atoms with van der Waals surface area (Å²) in [5, 5.41) is 2.78. The third-order valence-corrected chi connectivity index (χ3v) is 3.22. The first kappa shape index (κ1) is 12.9. The Morgan fingerprint density at radius 3 is 2.67 bits per heavy atom. The van der Waals surface area contributed by atoms with Crippen LogP contribution in [0, 0.1) is 0 Å². The van der Waals surface area contributed by atoms with Gasteiger partial charge in [0.2, 0.25) is 0 Å². The Labute approximate surface area is 108 Å². The number of alkyl carbamates (subject to hydrolysis) is 1. The fourth-order valence-electron chi connectivity index (χ4n) is 2.07. The van der Waals surface area contributed by atoms with Gasteiger partial charge in [-0.15, -0.1) is 0 Å². The Hall–Kier alpha value is -1.55. The molecule has 1 amide bonds. The summed E-state index contributed by atoms with van der Waals surface area (Å²) in [4.78, 5) is 13.9. The van der Waals surface area contributed by atoms with Gasteiger partial charge >= 0.3 is 6.09 Å². The number of hydrogen-bond acceptors (Lipinski definition) is 3. The predicted octanol–water partition coefficient (Wildman–Crippen LogP) is 2.01. The second-order valence-electron chi connectivity index (χ2n) is 4.75. The van der Waals surface area contributed by atoms with Crippen molar-refractivity contribution in [3.63, 3.8) is 0 Å². The first-order chi connectivity index (χ1) is 8.74. The van der Waals surface area contributed by atoms with E-state index in [2.05, 4.69) is 17.3 Å². The Balaban J connectivity index is 1.69. The number of likely N-dealkylation sites (tertiary alicyclic amines) is 1. The van der Waals surface area contributed by atoms with Crippen molar-refractivity contribution >= 4 is 6.09 Å². The average Bonchev–Trinajstić information content (AvgIpc) is 2.40. The van der Waals surface area contributed by atoms with E-state index >= 15 is 0 Å². The van der Waals surface area contributed by atoms with Crippen molar-refractivity contribution in [1.82, 2.24) is 10.2 Å². The zero-order chi connectivity index (χ0) is 12.8. The van der Waals surface area contributed by atoms with E-state index in [9.17, 15) is 4.79 Å². The zero-order valence-electron chi connectivity index (χ0n) is 10.8. The van der Waals surface area contributed by atoms with E-state index in [-0.39, 0.29) is 12.2 Å². The maximum atomic E-state index is 11.6. The number of amides is 1. The van der Waals surface area contributed by atoms with E-state index in [1.165, 1.54) is 0 Å². The normalized spacial score (nSPS) is 17.4. The van der Waals surface area contributed by atoms with Gasteiger partial charge in [0.05, 0.1) is 0 Å². The summed E-state index contributed by atoms with van der Waals surface area (Å²) in [7, 11) is 2.09. The summed E-state index contributed by atoms with van der Waals surface area (Å²) in [5.74, 6) is 0. The van der Waals surface area contributed by atoms with Gasteiger partial charge < -0.3 is 15.0 Å². The van der Waals surface area contributed by atoms with Crippen LogP contribution in [0.2, 0.25) is 0 Å². The minimum Gasteiger partial charge on any atom is -0.446 e. The molecule has 1 aromatic carbocycles. The topological polar surface area (TPSA) is 41.6 Å². The van der Waals surface area contributed by atoms with Crippen LogP contribution in [0.15, 0.2) is 30.3 Å². The number of nitrogens with zero attached hydrogens (tertiary/aromatic N) is 1. The molecule has 0 aromatic heterocycles. The lowest BCUT2D eigenvalue weighted by molar-refractivity contribution is 0.0569. The van der Waals surface area contributed by atoms with Gasteiger partial charge in [-0.1, -0.05) is 30.3 Å². The molecule has 0 bridgehead atoms. The molecule has 1 fully saturated rings. The van der Waals surface area contributed by atoms with Gasteiger partial charge in [0.25, 0.3) is 0 Å². The molecular formula is C14H20N2O2. The van der Waals surface area contributed by atoms with E-state index in [4.69, 9.17) is 4.74 Å². The van der Waals surface area contributed by atoms with E-state index < -0.39 is 0 Å². The Morgan fingerprint density at radius 2 is 2.00 bits per heavy atom. The standard InChI is InChI=1S/C14H20N2O2/c1-16-9-7-13(8-10-16)18-14(17)15-11-12-5-3-2-4-6-12/h2-6,13H,7-11H2,1H3,(H,15,17). The van der Waals surface area contributed by atoms with Crippen LogP contribution in [0.5, 0.6) is 0 Å². The maximum Gasteiger partial charge on any atom is 0.407 e. The van der Waals surface area contributed by atoms with Gasteiger partial charge in [-0.25, -0.2) is 4.79 Å². The third kappa shape index (κ3) is 4.04. The van der Waals surface area contributed by atoms with Gasteiger partial charge in [0.1, 0.15) is 6.10 Å². The summed E-state index contributed by atoms with van der Waals surface area (Å²) in [6.07, 6.45) is 1.61. The van der Waals surface area contributed by atoms with E-state index in [0.29, 0.717) is 6.54 Å². The molecule has 1 heterocycles. The molecule has 0 unspecified atom stereocenters. The van der Waals surface area contributed by atoms with Crippen LogP contribution < -0.4 is 5.32 Å². The van der Waals surface area contributed by atoms with Crippen molar-refractivity contribution in [2.45, 2.75) is 25.5 Å². The lowest BCUT2D eigenvalue weighted by Gasteiger charge is -2.28. The fraction of sp³-hybridized carbons (Fsp3) is 0.500. The minimum atomic E-state index is -0.312. The maximum absolute atomic E-state index is 11.6. The molecule has 0 radical (unpaired) electrons. The van der Waals surface area contributed by atoms with Gasteiger partial charge in [0, 0.05) is 19.6 Å². The number of hydrogen-bond donors (Lipinski definition) is 1. The molecule has 1 aliphatic heterocycles. The SMILES string of the molecule is CN1CCC(OC(=O)NCc2ccccc2)CC1. The van der Waals surface area contributed by atoms with Crippen LogP contribution in [0.3, 0.4) is 0 Å². The average molecular weight is 248 g/mol. The van der Waals surface area contributed by atoms with Crippen LogP contribution in [-0.4, -0.2) is 37.2 Å². The van der Waals surface area contributed by atoms with E-state index in [1.807, 2.05) is 30.3 Å². The monoisotopic (exact) mass is 248 g/mol. The van der Waals surface area contributed by atoms with Crippen molar-refractivity contribution in [3.8, 4) is 0 Å². The lowest BCUT2D eigenvalue weighted by Crippen LogP contribution is -2.37. The highest BCUT2D eigenvalue weighted by Crippen LogP contribution is 2.12. The van der Waals surface area contributed by atoms with Crippen LogP contribution in [0.25, 0.3) is 0 Å². The fourth-order valence-corrected chi connectivity index (χ4v) is 2.07. The number of piperidine rings is 1. The summed E-state index contributed by atoms with van der Waals surface area (Å²) in [6.45, 7) is 2.51. The summed E-state index contributed by atoms with van der Waals surface area (Å²) < 4.78 is 5.38. The highest BCUT2D eigenvalue weighted by Gasteiger charge is 2.19. The van der Waals surface area contributed by atoms with Gasteiger partial charge in [0.15, 0.2) is 0 Å². The molecule has 0 saturated carbocycles. The molecule has 1 saturated heterocycles. The minimum absolute atomic E-state index is 0.0666. The molecule has 1 aliphatic rings. The highest BCUT2D eigenvalue weighted by molar-refractivity contribution is 5.67. The van der Waals surface area contributed by atoms with Crippen molar-refractivity contribution < 1.29 is 9.53 Å². The van der Waals surface area contributed by atoms with Gasteiger partial charge in [-0.2, -0.15) is 0 Å². The Bertz CT molecular complexity index is 373. The van der Waals surface area contributed by atoms with E-state index in [1.54, 1.807) is 0 Å². The first-order valence-electron chi connectivity index (χ1n) is 6.41. The number of nitrogens with one attached hydrogen (secondary N) is 1. The number of rotatable bonds is 3. The third-order valence-electron chi connectivity index (χ3n) is 3.22. The summed E-state index contributed by atoms with van der Waals surface area (Å²) in [5.41, 5.74) is 1.08. The number of benzene rings is 1. The molecule has 1 N–H and O–H groups in total. The van der Waals surface area contributed by atoms with Crippen LogP contribution in [-0.2, 0) is 11.3 Å². The van der Waals surface area contributed by atoms with Crippen molar-refractivity contribution in [2.75, 3.05) is 20.1 Å². The largest absolute Gasteiger partial charge is 0.446 e. The highest BCUT2D eigenvalue weighted by atomic mass is 16.6. The van der Waals surface area contributed by atoms with Crippen LogP contribution in [0.4, 0.5) is 4.79 Å². The van der Waals surface area contributed by atoms with Crippen LogP contribution >= 0.6 is 0 Å². The molecule has 1 aromatic rings. The van der Waals surface area contributed by atoms with Crippen molar-refractivity contribution in [3.05, 3.63) is 35.9 Å². The second-order valence-corrected chi connectivity index (χ2v) is 4.75. The number of ether oxygens (including phenoxy) is 1. The second kappa shape index (κ2) is 6.40. The summed E-state index contributed by atoms with van der Waals surface area (Å²) in [6, 6.07) is 9.84. The summed E-state index contributed by atoms with van der Waals surface area (Å²) >= 11 is 0. The van der Waals surface area contributed by atoms with Crippen molar-refractivity contribution in [2.24, 2.45) is 0 Å². The Kier molecular flexibility index (Phi) is 4.59. The van der Waals surface area contributed by atoms with Crippen molar-refractivity contribution in [1.29, 1.82) is 0 Å². The van der Waals surface area contributed by atoms with Crippen LogP contribution in [0.1, 0.15) is 18.4 Å². The number of carbonyl (C=O) groups is 1. The van der Waals surface area contributed by atoms with Gasteiger partial charge in [-0.3, -0.25) is 0 Å². The Morgan fingerprint density at radius 1 is 1.33 bits per heavy atom. The first-order valence-corrected chi connectivity index (χ1v) is 6.41. The molecular weight excluding hydrogens is 228 g/mol. The molecule has 0 aliphatic carbocycles. The molecule has 18 heavy (non-hydrogen) atoms.